The first-order valence-corrected chi connectivity index (χ1v) is 6.82. The highest BCUT2D eigenvalue weighted by Crippen LogP contribution is 2.16. The van der Waals surface area contributed by atoms with E-state index in [0.717, 1.165) is 26.2 Å². The average molecular weight is 302 g/mol. The predicted octanol–water partition coefficient (Wildman–Crippen LogP) is 2.88. The standard InChI is InChI=1S/C12H17BrFN3/c13-10-8-11(14)12(16-9-10)15-4-7-17-5-2-1-3-6-17/h8-9H,1-7H2,(H,15,16). The molecule has 0 radical (unpaired) electrons. The van der Waals surface area contributed by atoms with E-state index in [9.17, 15) is 4.39 Å². The number of hydrogen-bond acceptors (Lipinski definition) is 3. The van der Waals surface area contributed by atoms with Crippen molar-refractivity contribution < 1.29 is 4.39 Å². The lowest BCUT2D eigenvalue weighted by molar-refractivity contribution is 0.237. The molecule has 1 aliphatic rings. The van der Waals surface area contributed by atoms with E-state index in [1.54, 1.807) is 6.20 Å². The van der Waals surface area contributed by atoms with E-state index in [4.69, 9.17) is 0 Å². The third-order valence-electron chi connectivity index (χ3n) is 2.98. The van der Waals surface area contributed by atoms with Gasteiger partial charge in [-0.15, -0.1) is 0 Å². The predicted molar refractivity (Wildman–Crippen MR) is 70.7 cm³/mol. The lowest BCUT2D eigenvalue weighted by Crippen LogP contribution is -2.33. The number of halogens is 2. The molecule has 0 spiro atoms. The summed E-state index contributed by atoms with van der Waals surface area (Å²) in [5, 5.41) is 3.04. The molecule has 0 saturated carbocycles. The minimum atomic E-state index is -0.307. The molecule has 2 heterocycles. The minimum Gasteiger partial charge on any atom is -0.366 e. The van der Waals surface area contributed by atoms with Gasteiger partial charge >= 0.3 is 0 Å². The molecule has 2 rings (SSSR count). The van der Waals surface area contributed by atoms with E-state index in [1.807, 2.05) is 0 Å². The van der Waals surface area contributed by atoms with E-state index < -0.39 is 0 Å². The molecule has 1 fully saturated rings. The van der Waals surface area contributed by atoms with Gasteiger partial charge in [0.15, 0.2) is 11.6 Å². The molecule has 5 heteroatoms. The molecule has 0 aromatic carbocycles. The first-order valence-electron chi connectivity index (χ1n) is 6.03. The van der Waals surface area contributed by atoms with Crippen molar-refractivity contribution in [3.63, 3.8) is 0 Å². The molecular weight excluding hydrogens is 285 g/mol. The van der Waals surface area contributed by atoms with Crippen LogP contribution < -0.4 is 5.32 Å². The topological polar surface area (TPSA) is 28.2 Å². The Bertz CT molecular complexity index is 367. The molecular formula is C12H17BrFN3. The summed E-state index contributed by atoms with van der Waals surface area (Å²) in [6.07, 6.45) is 5.51. The van der Waals surface area contributed by atoms with Crippen LogP contribution in [0.4, 0.5) is 10.2 Å². The number of anilines is 1. The molecule has 1 aliphatic heterocycles. The highest BCUT2D eigenvalue weighted by Gasteiger charge is 2.10. The molecule has 3 nitrogen and oxygen atoms in total. The van der Waals surface area contributed by atoms with Gasteiger partial charge in [-0.1, -0.05) is 6.42 Å². The monoisotopic (exact) mass is 301 g/mol. The normalized spacial score (nSPS) is 17.1. The van der Waals surface area contributed by atoms with Crippen molar-refractivity contribution in [3.05, 3.63) is 22.6 Å². The number of aromatic nitrogens is 1. The fourth-order valence-corrected chi connectivity index (χ4v) is 2.36. The summed E-state index contributed by atoms with van der Waals surface area (Å²) in [6.45, 7) is 4.03. The maximum atomic E-state index is 13.4. The van der Waals surface area contributed by atoms with Crippen LogP contribution in [0.15, 0.2) is 16.7 Å². The van der Waals surface area contributed by atoms with Crippen LogP contribution in [-0.4, -0.2) is 36.1 Å². The van der Waals surface area contributed by atoms with Gasteiger partial charge in [0, 0.05) is 23.8 Å². The molecule has 0 amide bonds. The Labute approximate surface area is 110 Å². The number of hydrogen-bond donors (Lipinski definition) is 1. The highest BCUT2D eigenvalue weighted by atomic mass is 79.9. The van der Waals surface area contributed by atoms with Crippen molar-refractivity contribution in [2.45, 2.75) is 19.3 Å². The zero-order chi connectivity index (χ0) is 12.1. The summed E-state index contributed by atoms with van der Waals surface area (Å²) < 4.78 is 14.1. The molecule has 0 atom stereocenters. The average Bonchev–Trinajstić information content (AvgIpc) is 2.33. The van der Waals surface area contributed by atoms with Crippen molar-refractivity contribution in [1.82, 2.24) is 9.88 Å². The minimum absolute atomic E-state index is 0.307. The largest absolute Gasteiger partial charge is 0.366 e. The van der Waals surface area contributed by atoms with Crippen LogP contribution in [0.1, 0.15) is 19.3 Å². The Kier molecular flexibility index (Phi) is 4.74. The van der Waals surface area contributed by atoms with Gasteiger partial charge < -0.3 is 10.2 Å². The van der Waals surface area contributed by atoms with Crippen LogP contribution >= 0.6 is 15.9 Å². The van der Waals surface area contributed by atoms with Crippen LogP contribution in [0.3, 0.4) is 0 Å². The fourth-order valence-electron chi connectivity index (χ4n) is 2.06. The van der Waals surface area contributed by atoms with Gasteiger partial charge in [0.05, 0.1) is 0 Å². The summed E-state index contributed by atoms with van der Waals surface area (Å²) in [6, 6.07) is 1.43. The second-order valence-corrected chi connectivity index (χ2v) is 5.23. The molecule has 17 heavy (non-hydrogen) atoms. The van der Waals surface area contributed by atoms with E-state index in [2.05, 4.69) is 31.1 Å². The Morgan fingerprint density at radius 2 is 2.12 bits per heavy atom. The van der Waals surface area contributed by atoms with E-state index in [1.165, 1.54) is 25.3 Å². The summed E-state index contributed by atoms with van der Waals surface area (Å²) in [5.41, 5.74) is 0. The van der Waals surface area contributed by atoms with Crippen LogP contribution in [0, 0.1) is 5.82 Å². The maximum absolute atomic E-state index is 13.4. The van der Waals surface area contributed by atoms with E-state index in [-0.39, 0.29) is 5.82 Å². The van der Waals surface area contributed by atoms with Crippen LogP contribution in [0.25, 0.3) is 0 Å². The first-order chi connectivity index (χ1) is 8.25. The summed E-state index contributed by atoms with van der Waals surface area (Å²) in [5.74, 6) is 0.0308. The fraction of sp³-hybridized carbons (Fsp3) is 0.583. The number of piperidine rings is 1. The summed E-state index contributed by atoms with van der Waals surface area (Å²) >= 11 is 3.19. The number of nitrogens with zero attached hydrogens (tertiary/aromatic N) is 2. The van der Waals surface area contributed by atoms with E-state index >= 15 is 0 Å². The molecule has 1 aromatic rings. The first kappa shape index (κ1) is 12.8. The Morgan fingerprint density at radius 3 is 2.82 bits per heavy atom. The zero-order valence-electron chi connectivity index (χ0n) is 9.75. The maximum Gasteiger partial charge on any atom is 0.166 e. The van der Waals surface area contributed by atoms with Gasteiger partial charge in [-0.25, -0.2) is 9.37 Å². The van der Waals surface area contributed by atoms with Gasteiger partial charge in [0.1, 0.15) is 0 Å². The molecule has 94 valence electrons. The Morgan fingerprint density at radius 1 is 1.35 bits per heavy atom. The van der Waals surface area contributed by atoms with Gasteiger partial charge in [-0.2, -0.15) is 0 Å². The van der Waals surface area contributed by atoms with Crippen molar-refractivity contribution in [2.24, 2.45) is 0 Å². The second-order valence-electron chi connectivity index (χ2n) is 4.31. The van der Waals surface area contributed by atoms with Crippen LogP contribution in [0.2, 0.25) is 0 Å². The second kappa shape index (κ2) is 6.31. The quantitative estimate of drug-likeness (QED) is 0.927. The number of nitrogens with one attached hydrogen (secondary N) is 1. The lowest BCUT2D eigenvalue weighted by atomic mass is 10.1. The molecule has 0 aliphatic carbocycles. The van der Waals surface area contributed by atoms with Gasteiger partial charge in [-0.3, -0.25) is 0 Å². The lowest BCUT2D eigenvalue weighted by Gasteiger charge is -2.26. The van der Waals surface area contributed by atoms with Crippen molar-refractivity contribution in [3.8, 4) is 0 Å². The van der Waals surface area contributed by atoms with Crippen molar-refractivity contribution >= 4 is 21.7 Å². The zero-order valence-corrected chi connectivity index (χ0v) is 11.3. The summed E-state index contributed by atoms with van der Waals surface area (Å²) in [7, 11) is 0. The van der Waals surface area contributed by atoms with E-state index in [0.29, 0.717) is 10.3 Å². The number of pyridine rings is 1. The van der Waals surface area contributed by atoms with Gasteiger partial charge in [0.25, 0.3) is 0 Å². The van der Waals surface area contributed by atoms with Crippen LogP contribution in [0.5, 0.6) is 0 Å². The molecule has 1 aromatic heterocycles. The van der Waals surface area contributed by atoms with Crippen molar-refractivity contribution in [1.29, 1.82) is 0 Å². The molecule has 1 saturated heterocycles. The molecule has 0 unspecified atom stereocenters. The van der Waals surface area contributed by atoms with Gasteiger partial charge in [0.2, 0.25) is 0 Å². The van der Waals surface area contributed by atoms with Gasteiger partial charge in [-0.05, 0) is 47.9 Å². The summed E-state index contributed by atoms with van der Waals surface area (Å²) in [4.78, 5) is 6.42. The molecule has 1 N–H and O–H groups in total. The Balaban J connectivity index is 1.77. The third kappa shape index (κ3) is 3.92. The van der Waals surface area contributed by atoms with Crippen molar-refractivity contribution in [2.75, 3.05) is 31.5 Å². The third-order valence-corrected chi connectivity index (χ3v) is 3.41. The van der Waals surface area contributed by atoms with Crippen LogP contribution in [-0.2, 0) is 0 Å². The molecule has 0 bridgehead atoms. The smallest absolute Gasteiger partial charge is 0.166 e. The Hall–Kier alpha value is -0.680. The SMILES string of the molecule is Fc1cc(Br)cnc1NCCN1CCCCC1. The number of likely N-dealkylation sites (tertiary alicyclic amines) is 1. The number of rotatable bonds is 4. The highest BCUT2D eigenvalue weighted by molar-refractivity contribution is 9.10.